The molecule has 0 heterocycles. The average molecular weight is 277 g/mol. The molecule has 1 atom stereocenters. The normalized spacial score (nSPS) is 12.2. The number of hydrogen-bond donors (Lipinski definition) is 2. The first-order valence-electron chi connectivity index (χ1n) is 7.08. The number of carboxylic acid groups (broad SMARTS) is 1. The standard InChI is InChI=1S/C16H23NO3/c1-4-5-6-12-7-9-13(10-8-12)15(18)17-14(11(2)3)16(19)20/h7-11,14H,4-6H2,1-3H3,(H,17,18)(H,19,20)/t14-/m0/s1. The fourth-order valence-corrected chi connectivity index (χ4v) is 1.94. The van der Waals surface area contributed by atoms with E-state index < -0.39 is 12.0 Å². The number of nitrogens with one attached hydrogen (secondary N) is 1. The van der Waals surface area contributed by atoms with Crippen LogP contribution >= 0.6 is 0 Å². The lowest BCUT2D eigenvalue weighted by molar-refractivity contribution is -0.140. The van der Waals surface area contributed by atoms with E-state index in [1.54, 1.807) is 26.0 Å². The van der Waals surface area contributed by atoms with Gasteiger partial charge >= 0.3 is 5.97 Å². The van der Waals surface area contributed by atoms with Crippen LogP contribution in [-0.2, 0) is 11.2 Å². The number of unbranched alkanes of at least 4 members (excludes halogenated alkanes) is 1. The van der Waals surface area contributed by atoms with Gasteiger partial charge in [0.25, 0.3) is 5.91 Å². The van der Waals surface area contributed by atoms with Crippen molar-refractivity contribution >= 4 is 11.9 Å². The Bertz CT molecular complexity index is 451. The molecule has 20 heavy (non-hydrogen) atoms. The molecule has 1 rings (SSSR count). The third-order valence-electron chi connectivity index (χ3n) is 3.25. The van der Waals surface area contributed by atoms with Crippen molar-refractivity contribution < 1.29 is 14.7 Å². The number of amides is 1. The van der Waals surface area contributed by atoms with Crippen LogP contribution in [0.2, 0.25) is 0 Å². The first kappa shape index (κ1) is 16.2. The summed E-state index contributed by atoms with van der Waals surface area (Å²) in [6.45, 7) is 5.68. The lowest BCUT2D eigenvalue weighted by Gasteiger charge is -2.17. The van der Waals surface area contributed by atoms with Gasteiger partial charge in [0, 0.05) is 5.56 Å². The van der Waals surface area contributed by atoms with Gasteiger partial charge in [-0.2, -0.15) is 0 Å². The summed E-state index contributed by atoms with van der Waals surface area (Å²) in [5, 5.41) is 11.6. The van der Waals surface area contributed by atoms with Gasteiger partial charge < -0.3 is 10.4 Å². The van der Waals surface area contributed by atoms with Crippen LogP contribution in [0.25, 0.3) is 0 Å². The Morgan fingerprint density at radius 2 is 1.80 bits per heavy atom. The van der Waals surface area contributed by atoms with E-state index in [0.29, 0.717) is 5.56 Å². The van der Waals surface area contributed by atoms with Gasteiger partial charge in [-0.25, -0.2) is 4.79 Å². The molecule has 0 spiro atoms. The van der Waals surface area contributed by atoms with E-state index in [4.69, 9.17) is 5.11 Å². The summed E-state index contributed by atoms with van der Waals surface area (Å²) in [7, 11) is 0. The van der Waals surface area contributed by atoms with E-state index in [2.05, 4.69) is 12.2 Å². The molecule has 4 heteroatoms. The maximum atomic E-state index is 12.0. The van der Waals surface area contributed by atoms with Gasteiger partial charge in [0.05, 0.1) is 0 Å². The predicted octanol–water partition coefficient (Wildman–Crippen LogP) is 2.87. The molecule has 0 aliphatic carbocycles. The van der Waals surface area contributed by atoms with Gasteiger partial charge in [0.2, 0.25) is 0 Å². The summed E-state index contributed by atoms with van der Waals surface area (Å²) in [6.07, 6.45) is 3.26. The molecule has 0 radical (unpaired) electrons. The number of benzene rings is 1. The molecule has 0 saturated heterocycles. The van der Waals surface area contributed by atoms with Crippen LogP contribution in [0.1, 0.15) is 49.5 Å². The van der Waals surface area contributed by atoms with Crippen molar-refractivity contribution in [2.75, 3.05) is 0 Å². The van der Waals surface area contributed by atoms with Gasteiger partial charge in [-0.1, -0.05) is 39.3 Å². The van der Waals surface area contributed by atoms with Crippen molar-refractivity contribution in [3.05, 3.63) is 35.4 Å². The largest absolute Gasteiger partial charge is 0.480 e. The average Bonchev–Trinajstić information content (AvgIpc) is 2.42. The molecule has 1 aromatic carbocycles. The monoisotopic (exact) mass is 277 g/mol. The fourth-order valence-electron chi connectivity index (χ4n) is 1.94. The van der Waals surface area contributed by atoms with Gasteiger partial charge in [0.1, 0.15) is 6.04 Å². The van der Waals surface area contributed by atoms with E-state index in [1.807, 2.05) is 12.1 Å². The highest BCUT2D eigenvalue weighted by molar-refractivity contribution is 5.96. The summed E-state index contributed by atoms with van der Waals surface area (Å²) >= 11 is 0. The van der Waals surface area contributed by atoms with Crippen LogP contribution in [0.3, 0.4) is 0 Å². The third kappa shape index (κ3) is 4.68. The topological polar surface area (TPSA) is 66.4 Å². The van der Waals surface area contributed by atoms with E-state index in [0.717, 1.165) is 19.3 Å². The van der Waals surface area contributed by atoms with E-state index in [1.165, 1.54) is 5.56 Å². The Labute approximate surface area is 120 Å². The van der Waals surface area contributed by atoms with Crippen molar-refractivity contribution in [3.63, 3.8) is 0 Å². The molecular formula is C16H23NO3. The highest BCUT2D eigenvalue weighted by Crippen LogP contribution is 2.09. The van der Waals surface area contributed by atoms with Gasteiger partial charge in [0.15, 0.2) is 0 Å². The molecule has 2 N–H and O–H groups in total. The molecule has 0 aliphatic rings. The smallest absolute Gasteiger partial charge is 0.326 e. The molecular weight excluding hydrogens is 254 g/mol. The van der Waals surface area contributed by atoms with Crippen molar-refractivity contribution in [2.24, 2.45) is 5.92 Å². The Balaban J connectivity index is 2.69. The van der Waals surface area contributed by atoms with Crippen LogP contribution in [0.15, 0.2) is 24.3 Å². The highest BCUT2D eigenvalue weighted by atomic mass is 16.4. The second kappa shape index (κ2) is 7.68. The SMILES string of the molecule is CCCCc1ccc(C(=O)N[C@H](C(=O)O)C(C)C)cc1. The zero-order valence-corrected chi connectivity index (χ0v) is 12.3. The number of aryl methyl sites for hydroxylation is 1. The molecule has 4 nitrogen and oxygen atoms in total. The Kier molecular flexibility index (Phi) is 6.22. The van der Waals surface area contributed by atoms with E-state index in [9.17, 15) is 9.59 Å². The first-order valence-corrected chi connectivity index (χ1v) is 7.08. The second-order valence-electron chi connectivity index (χ2n) is 5.33. The minimum atomic E-state index is -1.01. The number of aliphatic carboxylic acids is 1. The minimum absolute atomic E-state index is 0.153. The molecule has 0 unspecified atom stereocenters. The highest BCUT2D eigenvalue weighted by Gasteiger charge is 2.23. The van der Waals surface area contributed by atoms with Gasteiger partial charge in [-0.15, -0.1) is 0 Å². The number of carbonyl (C=O) groups excluding carboxylic acids is 1. The second-order valence-corrected chi connectivity index (χ2v) is 5.33. The van der Waals surface area contributed by atoms with Gasteiger partial charge in [-0.3, -0.25) is 4.79 Å². The fraction of sp³-hybridized carbons (Fsp3) is 0.500. The zero-order valence-electron chi connectivity index (χ0n) is 12.3. The quantitative estimate of drug-likeness (QED) is 0.805. The molecule has 110 valence electrons. The van der Waals surface area contributed by atoms with E-state index in [-0.39, 0.29) is 11.8 Å². The van der Waals surface area contributed by atoms with Crippen LogP contribution in [0.5, 0.6) is 0 Å². The third-order valence-corrected chi connectivity index (χ3v) is 3.25. The molecule has 0 aliphatic heterocycles. The molecule has 0 aromatic heterocycles. The zero-order chi connectivity index (χ0) is 15.1. The van der Waals surface area contributed by atoms with Crippen LogP contribution in [0.4, 0.5) is 0 Å². The summed E-state index contributed by atoms with van der Waals surface area (Å²) in [5.41, 5.74) is 1.69. The molecule has 0 bridgehead atoms. The Morgan fingerprint density at radius 1 is 1.20 bits per heavy atom. The van der Waals surface area contributed by atoms with Crippen molar-refractivity contribution in [1.82, 2.24) is 5.32 Å². The van der Waals surface area contributed by atoms with Crippen LogP contribution in [-0.4, -0.2) is 23.0 Å². The molecule has 0 saturated carbocycles. The summed E-state index contributed by atoms with van der Waals surface area (Å²) in [6, 6.07) is 6.49. The van der Waals surface area contributed by atoms with Crippen LogP contribution < -0.4 is 5.32 Å². The molecule has 1 amide bonds. The van der Waals surface area contributed by atoms with E-state index >= 15 is 0 Å². The summed E-state index contributed by atoms with van der Waals surface area (Å²) in [5.74, 6) is -1.50. The number of carboxylic acids is 1. The summed E-state index contributed by atoms with van der Waals surface area (Å²) in [4.78, 5) is 23.1. The van der Waals surface area contributed by atoms with Gasteiger partial charge in [-0.05, 0) is 36.5 Å². The van der Waals surface area contributed by atoms with Crippen molar-refractivity contribution in [1.29, 1.82) is 0 Å². The maximum absolute atomic E-state index is 12.0. The van der Waals surface area contributed by atoms with Crippen molar-refractivity contribution in [3.8, 4) is 0 Å². The minimum Gasteiger partial charge on any atom is -0.480 e. The first-order chi connectivity index (χ1) is 9.45. The molecule has 0 fully saturated rings. The summed E-state index contributed by atoms with van der Waals surface area (Å²) < 4.78 is 0. The Hall–Kier alpha value is -1.84. The van der Waals surface area contributed by atoms with Crippen molar-refractivity contribution in [2.45, 2.75) is 46.1 Å². The van der Waals surface area contributed by atoms with Crippen LogP contribution in [0, 0.1) is 5.92 Å². The predicted molar refractivity (Wildman–Crippen MR) is 78.8 cm³/mol. The molecule has 1 aromatic rings. The number of carbonyl (C=O) groups is 2. The Morgan fingerprint density at radius 3 is 2.25 bits per heavy atom. The maximum Gasteiger partial charge on any atom is 0.326 e. The lowest BCUT2D eigenvalue weighted by atomic mass is 10.0. The lowest BCUT2D eigenvalue weighted by Crippen LogP contribution is -2.44. The number of hydrogen-bond acceptors (Lipinski definition) is 2. The number of rotatable bonds is 7.